The van der Waals surface area contributed by atoms with Gasteiger partial charge in [0.15, 0.2) is 12.5 Å². The van der Waals surface area contributed by atoms with E-state index < -0.39 is 6.16 Å². The SMILES string of the molecule is CC(=O)c1ccc(-c2cc(-c3cn(COC(=O)O)nc3-c3ccccn3)ccn2)cc1.CC1CCOCC1. The molecule has 5 rings (SSSR count). The lowest BCUT2D eigenvalue weighted by atomic mass is 10.0. The van der Waals surface area contributed by atoms with Gasteiger partial charge in [0.2, 0.25) is 0 Å². The van der Waals surface area contributed by atoms with Gasteiger partial charge in [-0.05, 0) is 55.5 Å². The van der Waals surface area contributed by atoms with Gasteiger partial charge >= 0.3 is 6.16 Å². The zero-order valence-electron chi connectivity index (χ0n) is 21.4. The molecule has 4 heterocycles. The lowest BCUT2D eigenvalue weighted by Crippen LogP contribution is -2.12. The van der Waals surface area contributed by atoms with Crippen LogP contribution in [0.2, 0.25) is 0 Å². The number of hydrogen-bond acceptors (Lipinski definition) is 7. The van der Waals surface area contributed by atoms with Gasteiger partial charge in [-0.15, -0.1) is 0 Å². The Bertz CT molecular complexity index is 1360. The third-order valence-corrected chi connectivity index (χ3v) is 6.16. The smallest absolute Gasteiger partial charge is 0.450 e. The number of ketones is 1. The van der Waals surface area contributed by atoms with E-state index in [4.69, 9.17) is 9.84 Å². The van der Waals surface area contributed by atoms with Gasteiger partial charge in [0.25, 0.3) is 0 Å². The molecule has 9 heteroatoms. The van der Waals surface area contributed by atoms with Crippen LogP contribution in [0.5, 0.6) is 0 Å². The second kappa shape index (κ2) is 12.7. The summed E-state index contributed by atoms with van der Waals surface area (Å²) in [5, 5.41) is 13.3. The van der Waals surface area contributed by atoms with Crippen molar-refractivity contribution in [2.45, 2.75) is 33.4 Å². The molecule has 1 aliphatic heterocycles. The number of hydrogen-bond donors (Lipinski definition) is 1. The van der Waals surface area contributed by atoms with Crippen LogP contribution in [0.1, 0.15) is 37.0 Å². The fourth-order valence-electron chi connectivity index (χ4n) is 3.96. The molecule has 38 heavy (non-hydrogen) atoms. The number of carbonyl (C=O) groups excluding carboxylic acids is 1. The Kier molecular flexibility index (Phi) is 8.94. The van der Waals surface area contributed by atoms with E-state index in [1.165, 1.54) is 24.4 Å². The summed E-state index contributed by atoms with van der Waals surface area (Å²) in [5.74, 6) is 0.915. The zero-order valence-corrected chi connectivity index (χ0v) is 21.4. The van der Waals surface area contributed by atoms with Crippen molar-refractivity contribution in [3.63, 3.8) is 0 Å². The normalized spacial score (nSPS) is 13.3. The first-order valence-electron chi connectivity index (χ1n) is 12.4. The van der Waals surface area contributed by atoms with Crippen LogP contribution in [0.4, 0.5) is 4.79 Å². The summed E-state index contributed by atoms with van der Waals surface area (Å²) in [6.07, 6.45) is 6.22. The molecule has 4 aromatic rings. The molecule has 0 radical (unpaired) electrons. The second-order valence-electron chi connectivity index (χ2n) is 9.04. The van der Waals surface area contributed by atoms with Crippen LogP contribution in [-0.2, 0) is 16.2 Å². The molecule has 9 nitrogen and oxygen atoms in total. The highest BCUT2D eigenvalue weighted by Crippen LogP contribution is 2.32. The number of Topliss-reactive ketones (excluding diaryl/α,β-unsaturated/α-hetero) is 1. The molecule has 1 saturated heterocycles. The van der Waals surface area contributed by atoms with Crippen LogP contribution in [-0.4, -0.2) is 50.0 Å². The van der Waals surface area contributed by atoms with Gasteiger partial charge in [-0.2, -0.15) is 5.10 Å². The van der Waals surface area contributed by atoms with E-state index in [2.05, 4.69) is 26.7 Å². The number of carboxylic acid groups (broad SMARTS) is 1. The molecule has 0 saturated carbocycles. The minimum Gasteiger partial charge on any atom is -0.450 e. The zero-order chi connectivity index (χ0) is 26.9. The highest BCUT2D eigenvalue weighted by Gasteiger charge is 2.16. The van der Waals surface area contributed by atoms with Crippen LogP contribution in [0, 0.1) is 5.92 Å². The molecule has 0 atom stereocenters. The van der Waals surface area contributed by atoms with Gasteiger partial charge in [0.1, 0.15) is 5.69 Å². The largest absolute Gasteiger partial charge is 0.507 e. The lowest BCUT2D eigenvalue weighted by molar-refractivity contribution is 0.0605. The molecular weight excluding hydrogens is 484 g/mol. The Morgan fingerprint density at radius 3 is 2.34 bits per heavy atom. The molecule has 3 aromatic heterocycles. The van der Waals surface area contributed by atoms with Gasteiger partial charge < -0.3 is 14.6 Å². The highest BCUT2D eigenvalue weighted by molar-refractivity contribution is 5.94. The summed E-state index contributed by atoms with van der Waals surface area (Å²) >= 11 is 0. The minimum atomic E-state index is -1.38. The van der Waals surface area contributed by atoms with Crippen LogP contribution in [0.15, 0.2) is 73.2 Å². The first-order chi connectivity index (χ1) is 18.4. The Morgan fingerprint density at radius 2 is 1.74 bits per heavy atom. The predicted octanol–water partition coefficient (Wildman–Crippen LogP) is 5.96. The van der Waals surface area contributed by atoms with Crippen molar-refractivity contribution in [1.29, 1.82) is 0 Å². The molecule has 0 unspecified atom stereocenters. The first kappa shape index (κ1) is 26.7. The van der Waals surface area contributed by atoms with Crippen molar-refractivity contribution >= 4 is 11.9 Å². The Hall–Kier alpha value is -4.37. The van der Waals surface area contributed by atoms with Crippen molar-refractivity contribution in [1.82, 2.24) is 19.7 Å². The number of aromatic nitrogens is 4. The summed E-state index contributed by atoms with van der Waals surface area (Å²) in [4.78, 5) is 31.1. The number of ether oxygens (including phenoxy) is 2. The summed E-state index contributed by atoms with van der Waals surface area (Å²) in [6.45, 7) is 5.54. The summed E-state index contributed by atoms with van der Waals surface area (Å²) < 4.78 is 11.2. The third-order valence-electron chi connectivity index (χ3n) is 6.16. The Morgan fingerprint density at radius 1 is 1.00 bits per heavy atom. The molecular formula is C29H30N4O5. The van der Waals surface area contributed by atoms with E-state index >= 15 is 0 Å². The molecule has 1 fully saturated rings. The van der Waals surface area contributed by atoms with Crippen molar-refractivity contribution < 1.29 is 24.2 Å². The van der Waals surface area contributed by atoms with E-state index in [9.17, 15) is 9.59 Å². The molecule has 1 aromatic carbocycles. The Balaban J connectivity index is 0.000000417. The number of nitrogens with zero attached hydrogens (tertiary/aromatic N) is 4. The van der Waals surface area contributed by atoms with Crippen molar-refractivity contribution in [2.24, 2.45) is 5.92 Å². The molecule has 0 aliphatic carbocycles. The minimum absolute atomic E-state index is 0.00394. The van der Waals surface area contributed by atoms with E-state index in [-0.39, 0.29) is 12.5 Å². The third kappa shape index (κ3) is 7.10. The van der Waals surface area contributed by atoms with Gasteiger partial charge in [-0.1, -0.05) is 37.3 Å². The van der Waals surface area contributed by atoms with Crippen LogP contribution in [0.25, 0.3) is 33.8 Å². The molecule has 196 valence electrons. The number of benzene rings is 1. The maximum atomic E-state index is 11.5. The second-order valence-corrected chi connectivity index (χ2v) is 9.04. The summed E-state index contributed by atoms with van der Waals surface area (Å²) in [5.41, 5.74) is 5.08. The fourth-order valence-corrected chi connectivity index (χ4v) is 3.96. The number of rotatable bonds is 6. The molecule has 1 aliphatic rings. The molecule has 0 spiro atoms. The fraction of sp³-hybridized carbons (Fsp3) is 0.276. The average molecular weight is 515 g/mol. The van der Waals surface area contributed by atoms with E-state index in [0.717, 1.165) is 41.5 Å². The van der Waals surface area contributed by atoms with Crippen molar-refractivity contribution in [3.8, 4) is 33.8 Å². The van der Waals surface area contributed by atoms with E-state index in [0.29, 0.717) is 17.0 Å². The van der Waals surface area contributed by atoms with Crippen molar-refractivity contribution in [2.75, 3.05) is 13.2 Å². The van der Waals surface area contributed by atoms with Gasteiger partial charge in [-0.3, -0.25) is 14.8 Å². The first-order valence-corrected chi connectivity index (χ1v) is 12.4. The number of carbonyl (C=O) groups is 2. The lowest BCUT2D eigenvalue weighted by Gasteiger charge is -2.16. The standard InChI is InChI=1S/C23H18N4O4.C6H12O/c1-15(28)16-5-7-17(8-6-16)21-12-18(9-11-25-21)19-13-27(14-31-23(29)30)26-22(19)20-4-2-3-10-24-20;1-6-2-4-7-5-3-6/h2-13H,14H2,1H3,(H,29,30);6H,2-5H2,1H3. The quantitative estimate of drug-likeness (QED) is 0.247. The average Bonchev–Trinajstić information content (AvgIpc) is 3.38. The van der Waals surface area contributed by atoms with Crippen molar-refractivity contribution in [3.05, 3.63) is 78.8 Å². The summed E-state index contributed by atoms with van der Waals surface area (Å²) in [7, 11) is 0. The van der Waals surface area contributed by atoms with Gasteiger partial charge in [0.05, 0.1) is 11.4 Å². The van der Waals surface area contributed by atoms with E-state index in [1.807, 2.05) is 42.5 Å². The monoisotopic (exact) mass is 514 g/mol. The molecule has 0 bridgehead atoms. The predicted molar refractivity (Wildman–Crippen MR) is 142 cm³/mol. The number of pyridine rings is 2. The van der Waals surface area contributed by atoms with Crippen LogP contribution >= 0.6 is 0 Å². The van der Waals surface area contributed by atoms with Crippen LogP contribution in [0.3, 0.4) is 0 Å². The molecule has 1 N–H and O–H groups in total. The topological polar surface area (TPSA) is 116 Å². The van der Waals surface area contributed by atoms with Gasteiger partial charge in [0, 0.05) is 48.5 Å². The maximum absolute atomic E-state index is 11.5. The highest BCUT2D eigenvalue weighted by atomic mass is 16.7. The Labute approximate surface area is 221 Å². The maximum Gasteiger partial charge on any atom is 0.507 e. The van der Waals surface area contributed by atoms with Gasteiger partial charge in [-0.25, -0.2) is 9.48 Å². The van der Waals surface area contributed by atoms with E-state index in [1.54, 1.807) is 30.7 Å². The molecule has 0 amide bonds. The van der Waals surface area contributed by atoms with Crippen LogP contribution < -0.4 is 0 Å². The summed E-state index contributed by atoms with van der Waals surface area (Å²) in [6, 6.07) is 16.5.